The maximum Gasteiger partial charge on any atom is 0.346 e. The average molecular weight is 339 g/mol. The predicted molar refractivity (Wildman–Crippen MR) is 91.5 cm³/mol. The second-order valence-corrected chi connectivity index (χ2v) is 6.42. The normalized spacial score (nSPS) is 16.8. The van der Waals surface area contributed by atoms with Crippen molar-refractivity contribution in [1.82, 2.24) is 24.5 Å². The van der Waals surface area contributed by atoms with Crippen LogP contribution in [0, 0.1) is 6.92 Å². The smallest absolute Gasteiger partial charge is 0.337 e. The number of aryl methyl sites for hydroxylation is 2. The first kappa shape index (κ1) is 15.8. The molecule has 1 aliphatic rings. The van der Waals surface area contributed by atoms with E-state index in [0.29, 0.717) is 24.1 Å². The Hall–Kier alpha value is -2.70. The average Bonchev–Trinajstić information content (AvgIpc) is 3.19. The second kappa shape index (κ2) is 6.31. The van der Waals surface area contributed by atoms with Gasteiger partial charge in [0.05, 0.1) is 0 Å². The Morgan fingerprint density at radius 3 is 2.96 bits per heavy atom. The van der Waals surface area contributed by atoms with E-state index < -0.39 is 0 Å². The molecule has 1 unspecified atom stereocenters. The molecule has 0 aliphatic heterocycles. The molecule has 4 rings (SSSR count). The van der Waals surface area contributed by atoms with E-state index in [1.54, 1.807) is 4.57 Å². The molecule has 0 amide bonds. The van der Waals surface area contributed by atoms with E-state index in [0.717, 1.165) is 19.3 Å². The molecule has 0 bridgehead atoms. The summed E-state index contributed by atoms with van der Waals surface area (Å²) in [7, 11) is 0. The van der Waals surface area contributed by atoms with Crippen LogP contribution in [0.1, 0.15) is 54.3 Å². The van der Waals surface area contributed by atoms with Crippen LogP contribution in [0.5, 0.6) is 0 Å². The second-order valence-electron chi connectivity index (χ2n) is 6.42. The van der Waals surface area contributed by atoms with Crippen molar-refractivity contribution in [2.24, 2.45) is 0 Å². The molecule has 1 atom stereocenters. The van der Waals surface area contributed by atoms with Gasteiger partial charge in [-0.15, -0.1) is 0 Å². The van der Waals surface area contributed by atoms with E-state index in [9.17, 15) is 4.79 Å². The standard InChI is InChI=1S/C18H21N5O2/c1-3-22-12(2)20-23(18(22)24)11-16-19-17(21-25-16)15-10-6-8-13-7-4-5-9-14(13)15/h4-5,7,9,15H,3,6,8,10-11H2,1-2H3. The molecule has 7 nitrogen and oxygen atoms in total. The fourth-order valence-electron chi connectivity index (χ4n) is 3.64. The first-order valence-corrected chi connectivity index (χ1v) is 8.72. The van der Waals surface area contributed by atoms with E-state index >= 15 is 0 Å². The van der Waals surface area contributed by atoms with Gasteiger partial charge < -0.3 is 4.52 Å². The van der Waals surface area contributed by atoms with Gasteiger partial charge in [-0.3, -0.25) is 4.57 Å². The van der Waals surface area contributed by atoms with E-state index in [4.69, 9.17) is 4.52 Å². The number of fused-ring (bicyclic) bond motifs is 1. The fraction of sp³-hybridized carbons (Fsp3) is 0.444. The Morgan fingerprint density at radius 2 is 2.16 bits per heavy atom. The summed E-state index contributed by atoms with van der Waals surface area (Å²) < 4.78 is 8.40. The van der Waals surface area contributed by atoms with Gasteiger partial charge in [0.15, 0.2) is 5.82 Å². The zero-order valence-electron chi connectivity index (χ0n) is 14.5. The lowest BCUT2D eigenvalue weighted by molar-refractivity contribution is 0.356. The molecule has 1 aliphatic carbocycles. The molecule has 0 spiro atoms. The number of hydrogen-bond acceptors (Lipinski definition) is 5. The molecule has 0 radical (unpaired) electrons. The minimum atomic E-state index is -0.150. The van der Waals surface area contributed by atoms with Crippen LogP contribution in [0.3, 0.4) is 0 Å². The lowest BCUT2D eigenvalue weighted by Crippen LogP contribution is -2.25. The molecule has 2 heterocycles. The molecule has 0 saturated carbocycles. The van der Waals surface area contributed by atoms with Crippen LogP contribution in [0.15, 0.2) is 33.6 Å². The van der Waals surface area contributed by atoms with Crippen molar-refractivity contribution in [3.63, 3.8) is 0 Å². The summed E-state index contributed by atoms with van der Waals surface area (Å²) in [6.07, 6.45) is 3.23. The number of nitrogens with zero attached hydrogens (tertiary/aromatic N) is 5. The number of benzene rings is 1. The molecule has 0 saturated heterocycles. The van der Waals surface area contributed by atoms with Crippen molar-refractivity contribution in [2.45, 2.75) is 52.1 Å². The maximum atomic E-state index is 12.3. The van der Waals surface area contributed by atoms with Crippen LogP contribution in [-0.4, -0.2) is 24.5 Å². The predicted octanol–water partition coefficient (Wildman–Crippen LogP) is 2.27. The molecule has 0 N–H and O–H groups in total. The Kier molecular flexibility index (Phi) is 3.99. The van der Waals surface area contributed by atoms with Crippen molar-refractivity contribution >= 4 is 0 Å². The summed E-state index contributed by atoms with van der Waals surface area (Å²) in [5.41, 5.74) is 2.49. The van der Waals surface area contributed by atoms with Crippen LogP contribution in [0.2, 0.25) is 0 Å². The highest BCUT2D eigenvalue weighted by atomic mass is 16.5. The first-order chi connectivity index (χ1) is 12.2. The third kappa shape index (κ3) is 2.79. The van der Waals surface area contributed by atoms with Crippen molar-refractivity contribution in [1.29, 1.82) is 0 Å². The van der Waals surface area contributed by atoms with Gasteiger partial charge in [-0.05, 0) is 44.2 Å². The molecule has 2 aromatic heterocycles. The summed E-state index contributed by atoms with van der Waals surface area (Å²) in [5.74, 6) is 1.96. The Balaban J connectivity index is 1.61. The molecular weight excluding hydrogens is 318 g/mol. The number of aromatic nitrogens is 5. The molecule has 7 heteroatoms. The lowest BCUT2D eigenvalue weighted by Gasteiger charge is -2.22. The monoisotopic (exact) mass is 339 g/mol. The van der Waals surface area contributed by atoms with Gasteiger partial charge in [-0.2, -0.15) is 10.1 Å². The SMILES string of the molecule is CCn1c(C)nn(Cc2nc(C3CCCc4ccccc43)no2)c1=O. The molecular formula is C18H21N5O2. The minimum absolute atomic E-state index is 0.150. The van der Waals surface area contributed by atoms with E-state index in [1.807, 2.05) is 13.8 Å². The Morgan fingerprint density at radius 1 is 1.32 bits per heavy atom. The number of rotatable bonds is 4. The van der Waals surface area contributed by atoms with Crippen LogP contribution in [0.25, 0.3) is 0 Å². The first-order valence-electron chi connectivity index (χ1n) is 8.72. The minimum Gasteiger partial charge on any atom is -0.337 e. The van der Waals surface area contributed by atoms with Crippen LogP contribution in [-0.2, 0) is 19.5 Å². The highest BCUT2D eigenvalue weighted by molar-refractivity contribution is 5.36. The Labute approximate surface area is 145 Å². The molecule has 25 heavy (non-hydrogen) atoms. The summed E-state index contributed by atoms with van der Waals surface area (Å²) in [6, 6.07) is 8.44. The van der Waals surface area contributed by atoms with Crippen molar-refractivity contribution in [2.75, 3.05) is 0 Å². The maximum absolute atomic E-state index is 12.3. The third-order valence-electron chi connectivity index (χ3n) is 4.87. The van der Waals surface area contributed by atoms with Crippen LogP contribution < -0.4 is 5.69 Å². The largest absolute Gasteiger partial charge is 0.346 e. The van der Waals surface area contributed by atoms with Gasteiger partial charge in [0.1, 0.15) is 12.4 Å². The Bertz CT molecular complexity index is 953. The van der Waals surface area contributed by atoms with Gasteiger partial charge in [0.25, 0.3) is 0 Å². The van der Waals surface area contributed by atoms with Crippen LogP contribution >= 0.6 is 0 Å². The van der Waals surface area contributed by atoms with E-state index in [1.165, 1.54) is 15.8 Å². The molecule has 1 aromatic carbocycles. The summed E-state index contributed by atoms with van der Waals surface area (Å²) in [5, 5.41) is 8.45. The van der Waals surface area contributed by atoms with E-state index in [-0.39, 0.29) is 18.2 Å². The summed E-state index contributed by atoms with van der Waals surface area (Å²) in [4.78, 5) is 16.8. The van der Waals surface area contributed by atoms with Gasteiger partial charge in [0, 0.05) is 12.5 Å². The highest BCUT2D eigenvalue weighted by Gasteiger charge is 2.26. The van der Waals surface area contributed by atoms with Gasteiger partial charge in [0.2, 0.25) is 5.89 Å². The zero-order chi connectivity index (χ0) is 17.4. The zero-order valence-corrected chi connectivity index (χ0v) is 14.5. The molecule has 130 valence electrons. The topological polar surface area (TPSA) is 78.7 Å². The van der Waals surface area contributed by atoms with E-state index in [2.05, 4.69) is 39.5 Å². The third-order valence-corrected chi connectivity index (χ3v) is 4.87. The van der Waals surface area contributed by atoms with Crippen molar-refractivity contribution < 1.29 is 4.52 Å². The van der Waals surface area contributed by atoms with Crippen molar-refractivity contribution in [3.05, 3.63) is 63.4 Å². The van der Waals surface area contributed by atoms with Crippen molar-refractivity contribution in [3.8, 4) is 0 Å². The lowest BCUT2D eigenvalue weighted by atomic mass is 9.82. The fourth-order valence-corrected chi connectivity index (χ4v) is 3.64. The van der Waals surface area contributed by atoms with Gasteiger partial charge in [-0.1, -0.05) is 29.4 Å². The quantitative estimate of drug-likeness (QED) is 0.728. The summed E-state index contributed by atoms with van der Waals surface area (Å²) in [6.45, 7) is 4.54. The summed E-state index contributed by atoms with van der Waals surface area (Å²) >= 11 is 0. The molecule has 0 fully saturated rings. The van der Waals surface area contributed by atoms with Gasteiger partial charge >= 0.3 is 5.69 Å². The molecule has 3 aromatic rings. The number of hydrogen-bond donors (Lipinski definition) is 0. The van der Waals surface area contributed by atoms with Crippen LogP contribution in [0.4, 0.5) is 0 Å². The highest BCUT2D eigenvalue weighted by Crippen LogP contribution is 2.35. The van der Waals surface area contributed by atoms with Gasteiger partial charge in [-0.25, -0.2) is 9.48 Å².